The highest BCUT2D eigenvalue weighted by Gasteiger charge is 2.10. The topological polar surface area (TPSA) is 75.7 Å². The Bertz CT molecular complexity index is 997. The van der Waals surface area contributed by atoms with Gasteiger partial charge in [0.05, 0.1) is 19.0 Å². The van der Waals surface area contributed by atoms with Gasteiger partial charge in [0, 0.05) is 29.8 Å². The maximum atomic E-state index is 5.27. The minimum Gasteiger partial charge on any atom is -0.495 e. The Morgan fingerprint density at radius 3 is 2.80 bits per heavy atom. The van der Waals surface area contributed by atoms with Crippen LogP contribution in [0.25, 0.3) is 22.3 Å². The van der Waals surface area contributed by atoms with Crippen molar-refractivity contribution in [1.82, 2.24) is 19.9 Å². The zero-order valence-corrected chi connectivity index (χ0v) is 13.7. The third-order valence-corrected chi connectivity index (χ3v) is 4.00. The van der Waals surface area contributed by atoms with Crippen molar-refractivity contribution in [3.05, 3.63) is 66.7 Å². The van der Waals surface area contributed by atoms with E-state index in [1.54, 1.807) is 19.6 Å². The second-order valence-corrected chi connectivity index (χ2v) is 5.60. The molecule has 6 nitrogen and oxygen atoms in total. The average Bonchev–Trinajstić information content (AvgIpc) is 3.10. The van der Waals surface area contributed by atoms with E-state index in [1.807, 2.05) is 36.5 Å². The van der Waals surface area contributed by atoms with E-state index in [1.165, 1.54) is 5.56 Å². The van der Waals surface area contributed by atoms with Gasteiger partial charge in [0.2, 0.25) is 0 Å². The summed E-state index contributed by atoms with van der Waals surface area (Å²) in [4.78, 5) is 16.2. The summed E-state index contributed by atoms with van der Waals surface area (Å²) >= 11 is 0. The summed E-state index contributed by atoms with van der Waals surface area (Å²) in [5.41, 5.74) is 3.79. The van der Waals surface area contributed by atoms with Crippen LogP contribution >= 0.6 is 0 Å². The lowest BCUT2D eigenvalue weighted by Gasteiger charge is -2.07. The summed E-state index contributed by atoms with van der Waals surface area (Å²) in [6.45, 7) is 0.709. The largest absolute Gasteiger partial charge is 0.495 e. The van der Waals surface area contributed by atoms with Gasteiger partial charge in [0.15, 0.2) is 0 Å². The molecule has 2 N–H and O–H groups in total. The first-order valence-corrected chi connectivity index (χ1v) is 7.95. The van der Waals surface area contributed by atoms with Crippen LogP contribution in [0.2, 0.25) is 0 Å². The van der Waals surface area contributed by atoms with Gasteiger partial charge in [-0.25, -0.2) is 15.0 Å². The molecule has 0 aliphatic heterocycles. The molecule has 0 aliphatic rings. The van der Waals surface area contributed by atoms with Crippen LogP contribution < -0.4 is 10.1 Å². The van der Waals surface area contributed by atoms with Crippen molar-refractivity contribution in [2.45, 2.75) is 6.54 Å². The fourth-order valence-electron chi connectivity index (χ4n) is 2.70. The summed E-state index contributed by atoms with van der Waals surface area (Å²) < 4.78 is 5.27. The Morgan fingerprint density at radius 1 is 1.08 bits per heavy atom. The predicted octanol–water partition coefficient (Wildman–Crippen LogP) is 3.64. The van der Waals surface area contributed by atoms with Crippen molar-refractivity contribution >= 4 is 16.9 Å². The van der Waals surface area contributed by atoms with E-state index >= 15 is 0 Å². The number of hydrogen-bond acceptors (Lipinski definition) is 5. The fraction of sp³-hybridized carbons (Fsp3) is 0.105. The predicted molar refractivity (Wildman–Crippen MR) is 97.4 cm³/mol. The molecule has 124 valence electrons. The first-order valence-electron chi connectivity index (χ1n) is 7.95. The highest BCUT2D eigenvalue weighted by atomic mass is 16.5. The molecule has 0 saturated carbocycles. The molecule has 0 aliphatic carbocycles. The number of fused-ring (bicyclic) bond motifs is 1. The molecule has 0 unspecified atom stereocenters. The van der Waals surface area contributed by atoms with Gasteiger partial charge in [-0.3, -0.25) is 0 Å². The summed E-state index contributed by atoms with van der Waals surface area (Å²) in [5, 5.41) is 4.30. The van der Waals surface area contributed by atoms with Crippen LogP contribution in [0.3, 0.4) is 0 Å². The van der Waals surface area contributed by atoms with Crippen molar-refractivity contribution < 1.29 is 4.74 Å². The number of aromatic amines is 1. The second kappa shape index (κ2) is 6.60. The molecule has 0 spiro atoms. The van der Waals surface area contributed by atoms with E-state index in [4.69, 9.17) is 4.74 Å². The van der Waals surface area contributed by atoms with Gasteiger partial charge in [-0.05, 0) is 11.6 Å². The number of hydrogen-bond donors (Lipinski definition) is 2. The summed E-state index contributed by atoms with van der Waals surface area (Å²) in [6.07, 6.45) is 5.16. The summed E-state index contributed by atoms with van der Waals surface area (Å²) in [5.74, 6) is 1.49. The molecule has 0 fully saturated rings. The molecule has 0 radical (unpaired) electrons. The minimum atomic E-state index is 0.709. The van der Waals surface area contributed by atoms with E-state index < -0.39 is 0 Å². The van der Waals surface area contributed by atoms with E-state index in [-0.39, 0.29) is 0 Å². The number of methoxy groups -OCH3 is 1. The van der Waals surface area contributed by atoms with Gasteiger partial charge < -0.3 is 15.0 Å². The number of aromatic nitrogens is 4. The molecule has 0 atom stereocenters. The first kappa shape index (κ1) is 15.1. The molecule has 1 aromatic carbocycles. The Labute approximate surface area is 144 Å². The van der Waals surface area contributed by atoms with Gasteiger partial charge in [0.25, 0.3) is 0 Å². The first-order chi connectivity index (χ1) is 12.3. The monoisotopic (exact) mass is 331 g/mol. The molecule has 0 amide bonds. The van der Waals surface area contributed by atoms with Gasteiger partial charge in [0.1, 0.15) is 23.5 Å². The van der Waals surface area contributed by atoms with E-state index in [2.05, 4.69) is 37.4 Å². The Balaban J connectivity index is 1.63. The van der Waals surface area contributed by atoms with Crippen LogP contribution in [0.5, 0.6) is 5.75 Å². The Hall–Kier alpha value is -3.41. The maximum Gasteiger partial charge on any atom is 0.138 e. The molecule has 6 heteroatoms. The number of H-pyrrole nitrogens is 1. The average molecular weight is 331 g/mol. The lowest BCUT2D eigenvalue weighted by Crippen LogP contribution is -2.01. The van der Waals surface area contributed by atoms with Crippen LogP contribution in [-0.4, -0.2) is 27.0 Å². The van der Waals surface area contributed by atoms with Crippen LogP contribution in [0.15, 0.2) is 61.2 Å². The standard InChI is InChI=1S/C19H17N5O/c1-25-14-7-15-16(11-22-19(15)21-10-14)17-8-18(24-12-23-17)20-9-13-5-3-2-4-6-13/h2-8,10-12H,9H2,1H3,(H,21,22)(H,20,23,24). The van der Waals surface area contributed by atoms with Crippen molar-refractivity contribution in [3.8, 4) is 17.0 Å². The Kier molecular flexibility index (Phi) is 4.00. The number of nitrogens with one attached hydrogen (secondary N) is 2. The lowest BCUT2D eigenvalue weighted by atomic mass is 10.1. The van der Waals surface area contributed by atoms with Gasteiger partial charge in [-0.2, -0.15) is 0 Å². The maximum absolute atomic E-state index is 5.27. The highest BCUT2D eigenvalue weighted by molar-refractivity contribution is 5.93. The zero-order chi connectivity index (χ0) is 17.1. The van der Waals surface area contributed by atoms with Crippen molar-refractivity contribution in [2.75, 3.05) is 12.4 Å². The van der Waals surface area contributed by atoms with Crippen LogP contribution in [0.4, 0.5) is 5.82 Å². The van der Waals surface area contributed by atoms with Gasteiger partial charge >= 0.3 is 0 Å². The quantitative estimate of drug-likeness (QED) is 0.584. The van der Waals surface area contributed by atoms with Crippen molar-refractivity contribution in [1.29, 1.82) is 0 Å². The van der Waals surface area contributed by atoms with Gasteiger partial charge in [-0.15, -0.1) is 0 Å². The molecular formula is C19H17N5O. The molecule has 3 aromatic heterocycles. The second-order valence-electron chi connectivity index (χ2n) is 5.60. The Morgan fingerprint density at radius 2 is 1.96 bits per heavy atom. The minimum absolute atomic E-state index is 0.709. The fourth-order valence-corrected chi connectivity index (χ4v) is 2.70. The molecular weight excluding hydrogens is 314 g/mol. The molecule has 4 rings (SSSR count). The number of pyridine rings is 1. The van der Waals surface area contributed by atoms with Gasteiger partial charge in [-0.1, -0.05) is 30.3 Å². The van der Waals surface area contributed by atoms with Crippen LogP contribution in [-0.2, 0) is 6.54 Å². The number of rotatable bonds is 5. The number of ether oxygens (including phenoxy) is 1. The van der Waals surface area contributed by atoms with E-state index in [0.717, 1.165) is 28.1 Å². The molecule has 0 bridgehead atoms. The lowest BCUT2D eigenvalue weighted by molar-refractivity contribution is 0.414. The van der Waals surface area contributed by atoms with Crippen molar-refractivity contribution in [3.63, 3.8) is 0 Å². The summed E-state index contributed by atoms with van der Waals surface area (Å²) in [7, 11) is 1.63. The highest BCUT2D eigenvalue weighted by Crippen LogP contribution is 2.29. The SMILES string of the molecule is COc1cnc2[nH]cc(-c3cc(NCc4ccccc4)ncn3)c2c1. The number of anilines is 1. The summed E-state index contributed by atoms with van der Waals surface area (Å²) in [6, 6.07) is 14.1. The van der Waals surface area contributed by atoms with E-state index in [0.29, 0.717) is 12.3 Å². The third kappa shape index (κ3) is 3.14. The van der Waals surface area contributed by atoms with Crippen LogP contribution in [0.1, 0.15) is 5.56 Å². The molecule has 0 saturated heterocycles. The molecule has 25 heavy (non-hydrogen) atoms. The molecule has 4 aromatic rings. The zero-order valence-electron chi connectivity index (χ0n) is 13.7. The number of nitrogens with zero attached hydrogens (tertiary/aromatic N) is 3. The van der Waals surface area contributed by atoms with E-state index in [9.17, 15) is 0 Å². The molecule has 3 heterocycles. The number of benzene rings is 1. The van der Waals surface area contributed by atoms with Crippen LogP contribution in [0, 0.1) is 0 Å². The third-order valence-electron chi connectivity index (χ3n) is 4.00. The normalized spacial score (nSPS) is 10.8. The smallest absolute Gasteiger partial charge is 0.138 e. The van der Waals surface area contributed by atoms with Crippen molar-refractivity contribution in [2.24, 2.45) is 0 Å².